The molecule has 0 nitrogen and oxygen atoms in total. The summed E-state index contributed by atoms with van der Waals surface area (Å²) in [6.07, 6.45) is 5.56. The number of benzene rings is 2. The maximum Gasteiger partial charge on any atom is -0.00820 e. The van der Waals surface area contributed by atoms with Crippen LogP contribution >= 0.6 is 0 Å². The summed E-state index contributed by atoms with van der Waals surface area (Å²) in [5, 5.41) is 2.78. The highest BCUT2D eigenvalue weighted by Gasteiger charge is 2.08. The lowest BCUT2D eigenvalue weighted by atomic mass is 9.99. The van der Waals surface area contributed by atoms with Gasteiger partial charge in [0, 0.05) is 0 Å². The molecular formula is C14H12. The van der Waals surface area contributed by atoms with Crippen LogP contribution in [0.15, 0.2) is 36.4 Å². The van der Waals surface area contributed by atoms with E-state index in [0.717, 1.165) is 6.42 Å². The van der Waals surface area contributed by atoms with Gasteiger partial charge in [-0.1, -0.05) is 48.0 Å². The monoisotopic (exact) mass is 180 g/mol. The molecule has 0 aromatic heterocycles. The molecule has 0 saturated carbocycles. The second kappa shape index (κ2) is 2.71. The van der Waals surface area contributed by atoms with Crippen molar-refractivity contribution in [1.29, 1.82) is 0 Å². The number of allylic oxidation sites excluding steroid dienone is 1. The molecule has 0 atom stereocenters. The molecule has 0 heteroatoms. The van der Waals surface area contributed by atoms with E-state index in [1.54, 1.807) is 0 Å². The van der Waals surface area contributed by atoms with Crippen molar-refractivity contribution in [3.63, 3.8) is 0 Å². The first-order chi connectivity index (χ1) is 6.84. The highest BCUT2D eigenvalue weighted by molar-refractivity contribution is 5.90. The number of rotatable bonds is 0. The van der Waals surface area contributed by atoms with Crippen molar-refractivity contribution >= 4 is 16.8 Å². The van der Waals surface area contributed by atoms with Crippen molar-refractivity contribution in [3.8, 4) is 0 Å². The van der Waals surface area contributed by atoms with Crippen LogP contribution in [0.25, 0.3) is 16.8 Å². The van der Waals surface area contributed by atoms with Gasteiger partial charge in [0.15, 0.2) is 0 Å². The average Bonchev–Trinajstić information content (AvgIpc) is 2.65. The van der Waals surface area contributed by atoms with E-state index in [1.807, 2.05) is 0 Å². The fourth-order valence-electron chi connectivity index (χ4n) is 2.20. The minimum absolute atomic E-state index is 1.09. The fraction of sp³-hybridized carbons (Fsp3) is 0.143. The molecule has 0 radical (unpaired) electrons. The van der Waals surface area contributed by atoms with Gasteiger partial charge in [-0.15, -0.1) is 0 Å². The van der Waals surface area contributed by atoms with Crippen LogP contribution in [0.1, 0.15) is 16.7 Å². The lowest BCUT2D eigenvalue weighted by Crippen LogP contribution is -1.85. The Hall–Kier alpha value is -1.56. The van der Waals surface area contributed by atoms with Crippen LogP contribution in [-0.4, -0.2) is 0 Å². The maximum atomic E-state index is 2.29. The third-order valence-electron chi connectivity index (χ3n) is 2.94. The van der Waals surface area contributed by atoms with E-state index in [-0.39, 0.29) is 0 Å². The first-order valence-electron chi connectivity index (χ1n) is 5.03. The summed E-state index contributed by atoms with van der Waals surface area (Å²) < 4.78 is 0. The van der Waals surface area contributed by atoms with Gasteiger partial charge in [-0.25, -0.2) is 0 Å². The minimum atomic E-state index is 1.09. The molecule has 0 heterocycles. The molecule has 0 spiro atoms. The predicted octanol–water partition coefficient (Wildman–Crippen LogP) is 3.72. The number of fused-ring (bicyclic) bond motifs is 3. The second-order valence-corrected chi connectivity index (χ2v) is 3.96. The highest BCUT2D eigenvalue weighted by Crippen LogP contribution is 2.28. The summed E-state index contributed by atoms with van der Waals surface area (Å²) in [6.45, 7) is 2.15. The average molecular weight is 180 g/mol. The summed E-state index contributed by atoms with van der Waals surface area (Å²) in [5.41, 5.74) is 4.23. The van der Waals surface area contributed by atoms with E-state index in [1.165, 1.54) is 27.5 Å². The van der Waals surface area contributed by atoms with Gasteiger partial charge >= 0.3 is 0 Å². The normalized spacial score (nSPS) is 13.5. The van der Waals surface area contributed by atoms with E-state index in [4.69, 9.17) is 0 Å². The van der Waals surface area contributed by atoms with Gasteiger partial charge in [-0.2, -0.15) is 0 Å². The van der Waals surface area contributed by atoms with Crippen LogP contribution < -0.4 is 0 Å². The Bertz CT molecular complexity index is 533. The Balaban J connectivity index is 2.43. The summed E-state index contributed by atoms with van der Waals surface area (Å²) in [4.78, 5) is 0. The quantitative estimate of drug-likeness (QED) is 0.579. The van der Waals surface area contributed by atoms with Crippen molar-refractivity contribution < 1.29 is 0 Å². The molecule has 0 unspecified atom stereocenters. The zero-order chi connectivity index (χ0) is 9.54. The van der Waals surface area contributed by atoms with Crippen molar-refractivity contribution in [2.24, 2.45) is 0 Å². The molecular weight excluding hydrogens is 168 g/mol. The van der Waals surface area contributed by atoms with Crippen molar-refractivity contribution in [2.75, 3.05) is 0 Å². The van der Waals surface area contributed by atoms with Gasteiger partial charge in [0.1, 0.15) is 0 Å². The fourth-order valence-corrected chi connectivity index (χ4v) is 2.20. The van der Waals surface area contributed by atoms with Crippen LogP contribution in [0.2, 0.25) is 0 Å². The summed E-state index contributed by atoms with van der Waals surface area (Å²) in [7, 11) is 0. The van der Waals surface area contributed by atoms with Crippen LogP contribution in [0.5, 0.6) is 0 Å². The van der Waals surface area contributed by atoms with Crippen molar-refractivity contribution in [1.82, 2.24) is 0 Å². The molecule has 3 rings (SSSR count). The van der Waals surface area contributed by atoms with E-state index >= 15 is 0 Å². The second-order valence-electron chi connectivity index (χ2n) is 3.96. The summed E-state index contributed by atoms with van der Waals surface area (Å²) >= 11 is 0. The van der Waals surface area contributed by atoms with E-state index in [0.29, 0.717) is 0 Å². The molecule has 1 aliphatic carbocycles. The molecule has 0 saturated heterocycles. The third-order valence-corrected chi connectivity index (χ3v) is 2.94. The topological polar surface area (TPSA) is 0 Å². The Kier molecular flexibility index (Phi) is 1.51. The molecule has 0 amide bonds. The van der Waals surface area contributed by atoms with Gasteiger partial charge < -0.3 is 0 Å². The zero-order valence-electron chi connectivity index (χ0n) is 8.25. The van der Waals surface area contributed by atoms with Crippen LogP contribution in [0.4, 0.5) is 0 Å². The molecule has 1 aliphatic rings. The SMILES string of the molecule is Cc1ccc2ccc3c(c2c1)CC=C3. The van der Waals surface area contributed by atoms with Crippen molar-refractivity contribution in [2.45, 2.75) is 13.3 Å². The van der Waals surface area contributed by atoms with Crippen molar-refractivity contribution in [3.05, 3.63) is 53.1 Å². The van der Waals surface area contributed by atoms with Crippen LogP contribution in [-0.2, 0) is 6.42 Å². The maximum absolute atomic E-state index is 2.29. The van der Waals surface area contributed by atoms with Gasteiger partial charge in [0.25, 0.3) is 0 Å². The van der Waals surface area contributed by atoms with Crippen LogP contribution in [0.3, 0.4) is 0 Å². The summed E-state index contributed by atoms with van der Waals surface area (Å²) in [6, 6.07) is 11.1. The molecule has 0 fully saturated rings. The molecule has 14 heavy (non-hydrogen) atoms. The molecule has 0 bridgehead atoms. The Morgan fingerprint density at radius 2 is 1.93 bits per heavy atom. The Morgan fingerprint density at radius 3 is 2.86 bits per heavy atom. The van der Waals surface area contributed by atoms with Gasteiger partial charge in [0.2, 0.25) is 0 Å². The standard InChI is InChI=1S/C14H12/c1-10-5-6-12-8-7-11-3-2-4-13(11)14(12)9-10/h2-3,5-9H,4H2,1H3. The predicted molar refractivity (Wildman–Crippen MR) is 61.4 cm³/mol. The largest absolute Gasteiger partial charge is 0.0795 e. The first-order valence-corrected chi connectivity index (χ1v) is 5.03. The lowest BCUT2D eigenvalue weighted by Gasteiger charge is -2.05. The van der Waals surface area contributed by atoms with Gasteiger partial charge in [-0.3, -0.25) is 0 Å². The number of hydrogen-bond acceptors (Lipinski definition) is 0. The molecule has 0 N–H and O–H groups in total. The van der Waals surface area contributed by atoms with Gasteiger partial charge in [0.05, 0.1) is 0 Å². The number of aryl methyl sites for hydroxylation is 1. The van der Waals surface area contributed by atoms with Gasteiger partial charge in [-0.05, 0) is 35.2 Å². The zero-order valence-corrected chi connectivity index (χ0v) is 8.25. The highest BCUT2D eigenvalue weighted by atomic mass is 14.1. The first kappa shape index (κ1) is 7.81. The Morgan fingerprint density at radius 1 is 1.07 bits per heavy atom. The third kappa shape index (κ3) is 1.00. The van der Waals surface area contributed by atoms with Crippen LogP contribution in [0, 0.1) is 6.92 Å². The van der Waals surface area contributed by atoms with E-state index in [9.17, 15) is 0 Å². The lowest BCUT2D eigenvalue weighted by molar-refractivity contribution is 1.34. The Labute approximate surface area is 83.9 Å². The van der Waals surface area contributed by atoms with E-state index < -0.39 is 0 Å². The molecule has 0 aliphatic heterocycles. The summed E-state index contributed by atoms with van der Waals surface area (Å²) in [5.74, 6) is 0. The van der Waals surface area contributed by atoms with E-state index in [2.05, 4.69) is 49.4 Å². The molecule has 68 valence electrons. The molecule has 2 aromatic carbocycles. The minimum Gasteiger partial charge on any atom is -0.0795 e. The smallest absolute Gasteiger partial charge is 0.00820 e. The molecule has 2 aromatic rings. The number of hydrogen-bond donors (Lipinski definition) is 0.